The maximum Gasteiger partial charge on any atom is 0.146 e. The molecule has 0 fully saturated rings. The van der Waals surface area contributed by atoms with E-state index in [1.165, 1.54) is 0 Å². The molecular formula is C9H13N3O. The SMILES string of the molecule is CC1Cc2nnc(N)cc2C(C)O1. The summed E-state index contributed by atoms with van der Waals surface area (Å²) in [5.74, 6) is 0.462. The molecule has 1 aliphatic rings. The van der Waals surface area contributed by atoms with Gasteiger partial charge in [0.25, 0.3) is 0 Å². The van der Waals surface area contributed by atoms with Crippen LogP contribution in [0.5, 0.6) is 0 Å². The van der Waals surface area contributed by atoms with Gasteiger partial charge < -0.3 is 10.5 Å². The molecule has 2 heterocycles. The Labute approximate surface area is 77.1 Å². The summed E-state index contributed by atoms with van der Waals surface area (Å²) >= 11 is 0. The van der Waals surface area contributed by atoms with Gasteiger partial charge in [-0.15, -0.1) is 5.10 Å². The lowest BCUT2D eigenvalue weighted by Gasteiger charge is -2.26. The fourth-order valence-electron chi connectivity index (χ4n) is 1.70. The van der Waals surface area contributed by atoms with Crippen molar-refractivity contribution in [2.24, 2.45) is 0 Å². The second kappa shape index (κ2) is 2.96. The quantitative estimate of drug-likeness (QED) is 0.647. The van der Waals surface area contributed by atoms with Crippen molar-refractivity contribution in [2.45, 2.75) is 32.5 Å². The molecule has 0 aromatic carbocycles. The van der Waals surface area contributed by atoms with Crippen molar-refractivity contribution in [3.8, 4) is 0 Å². The molecule has 2 unspecified atom stereocenters. The van der Waals surface area contributed by atoms with Crippen LogP contribution in [0.4, 0.5) is 5.82 Å². The molecule has 2 rings (SSSR count). The number of nitrogens with zero attached hydrogens (tertiary/aromatic N) is 2. The average molecular weight is 179 g/mol. The van der Waals surface area contributed by atoms with Crippen LogP contribution in [0.25, 0.3) is 0 Å². The van der Waals surface area contributed by atoms with Crippen LogP contribution in [0.3, 0.4) is 0 Å². The summed E-state index contributed by atoms with van der Waals surface area (Å²) in [6.45, 7) is 4.05. The van der Waals surface area contributed by atoms with Crippen LogP contribution in [0, 0.1) is 0 Å². The number of rotatable bonds is 0. The van der Waals surface area contributed by atoms with Gasteiger partial charge in [0.1, 0.15) is 5.82 Å². The topological polar surface area (TPSA) is 61.0 Å². The molecule has 0 saturated carbocycles. The molecule has 0 amide bonds. The van der Waals surface area contributed by atoms with Crippen LogP contribution < -0.4 is 5.73 Å². The summed E-state index contributed by atoms with van der Waals surface area (Å²) in [4.78, 5) is 0. The number of ether oxygens (including phenoxy) is 1. The van der Waals surface area contributed by atoms with Gasteiger partial charge in [0.05, 0.1) is 17.9 Å². The Hall–Kier alpha value is -1.16. The molecule has 70 valence electrons. The van der Waals surface area contributed by atoms with Crippen LogP contribution in [-0.2, 0) is 11.2 Å². The smallest absolute Gasteiger partial charge is 0.146 e. The van der Waals surface area contributed by atoms with Crippen molar-refractivity contribution in [1.29, 1.82) is 0 Å². The Balaban J connectivity index is 2.43. The summed E-state index contributed by atoms with van der Waals surface area (Å²) in [6, 6.07) is 1.85. The zero-order valence-corrected chi connectivity index (χ0v) is 7.82. The first-order valence-corrected chi connectivity index (χ1v) is 4.44. The summed E-state index contributed by atoms with van der Waals surface area (Å²) < 4.78 is 5.64. The molecule has 4 nitrogen and oxygen atoms in total. The fraction of sp³-hybridized carbons (Fsp3) is 0.556. The van der Waals surface area contributed by atoms with Gasteiger partial charge in [0, 0.05) is 12.0 Å². The van der Waals surface area contributed by atoms with Gasteiger partial charge in [-0.2, -0.15) is 5.10 Å². The van der Waals surface area contributed by atoms with E-state index in [9.17, 15) is 0 Å². The minimum absolute atomic E-state index is 0.0801. The third kappa shape index (κ3) is 1.49. The average Bonchev–Trinajstić information content (AvgIpc) is 2.06. The van der Waals surface area contributed by atoms with Crippen molar-refractivity contribution in [3.05, 3.63) is 17.3 Å². The minimum atomic E-state index is 0.0801. The number of anilines is 1. The number of aromatic nitrogens is 2. The van der Waals surface area contributed by atoms with Crippen LogP contribution in [0.15, 0.2) is 6.07 Å². The third-order valence-electron chi connectivity index (χ3n) is 2.28. The highest BCUT2D eigenvalue weighted by molar-refractivity contribution is 5.35. The Morgan fingerprint density at radius 3 is 3.00 bits per heavy atom. The molecule has 2 N–H and O–H groups in total. The Kier molecular flexibility index (Phi) is 1.92. The van der Waals surface area contributed by atoms with Crippen molar-refractivity contribution < 1.29 is 4.74 Å². The highest BCUT2D eigenvalue weighted by Gasteiger charge is 2.23. The van der Waals surface area contributed by atoms with E-state index in [0.29, 0.717) is 5.82 Å². The van der Waals surface area contributed by atoms with E-state index in [4.69, 9.17) is 10.5 Å². The van der Waals surface area contributed by atoms with Crippen molar-refractivity contribution in [2.75, 3.05) is 5.73 Å². The molecule has 0 radical (unpaired) electrons. The van der Waals surface area contributed by atoms with Gasteiger partial charge in [-0.1, -0.05) is 0 Å². The maximum atomic E-state index is 5.64. The summed E-state index contributed by atoms with van der Waals surface area (Å²) in [6.07, 6.45) is 1.13. The first kappa shape index (κ1) is 8.44. The first-order valence-electron chi connectivity index (χ1n) is 4.44. The second-order valence-electron chi connectivity index (χ2n) is 3.46. The highest BCUT2D eigenvalue weighted by atomic mass is 16.5. The Bertz CT molecular complexity index is 327. The zero-order chi connectivity index (χ0) is 9.42. The predicted molar refractivity (Wildman–Crippen MR) is 49.1 cm³/mol. The van der Waals surface area contributed by atoms with E-state index in [1.54, 1.807) is 0 Å². The molecule has 1 aromatic heterocycles. The molecule has 0 aliphatic carbocycles. The first-order chi connectivity index (χ1) is 6.16. The number of hydrogen-bond donors (Lipinski definition) is 1. The van der Waals surface area contributed by atoms with Gasteiger partial charge in [-0.25, -0.2) is 0 Å². The fourth-order valence-corrected chi connectivity index (χ4v) is 1.70. The number of hydrogen-bond acceptors (Lipinski definition) is 4. The second-order valence-corrected chi connectivity index (χ2v) is 3.46. The van der Waals surface area contributed by atoms with Crippen molar-refractivity contribution in [1.82, 2.24) is 10.2 Å². The normalized spacial score (nSPS) is 26.9. The van der Waals surface area contributed by atoms with Gasteiger partial charge in [-0.3, -0.25) is 0 Å². The van der Waals surface area contributed by atoms with Crippen LogP contribution in [-0.4, -0.2) is 16.3 Å². The summed E-state index contributed by atoms with van der Waals surface area (Å²) in [5, 5.41) is 7.90. The van der Waals surface area contributed by atoms with E-state index >= 15 is 0 Å². The van der Waals surface area contributed by atoms with Gasteiger partial charge in [-0.05, 0) is 19.9 Å². The lowest BCUT2D eigenvalue weighted by molar-refractivity contribution is -0.00621. The van der Waals surface area contributed by atoms with Crippen molar-refractivity contribution >= 4 is 5.82 Å². The zero-order valence-electron chi connectivity index (χ0n) is 7.82. The number of nitrogens with two attached hydrogens (primary N) is 1. The predicted octanol–water partition coefficient (Wildman–Crippen LogP) is 1.08. The molecule has 0 spiro atoms. The van der Waals surface area contributed by atoms with Crippen LogP contribution >= 0.6 is 0 Å². The van der Waals surface area contributed by atoms with Gasteiger partial charge >= 0.3 is 0 Å². The Morgan fingerprint density at radius 1 is 1.46 bits per heavy atom. The van der Waals surface area contributed by atoms with E-state index in [0.717, 1.165) is 17.7 Å². The van der Waals surface area contributed by atoms with E-state index in [2.05, 4.69) is 10.2 Å². The van der Waals surface area contributed by atoms with Crippen molar-refractivity contribution in [3.63, 3.8) is 0 Å². The van der Waals surface area contributed by atoms with Crippen LogP contribution in [0.2, 0.25) is 0 Å². The van der Waals surface area contributed by atoms with Gasteiger partial charge in [0.15, 0.2) is 0 Å². The molecular weight excluding hydrogens is 166 g/mol. The Morgan fingerprint density at radius 2 is 2.23 bits per heavy atom. The molecule has 0 saturated heterocycles. The standard InChI is InChI=1S/C9H13N3O/c1-5-3-8-7(6(2)13-5)4-9(10)12-11-8/h4-6H,3H2,1-2H3,(H2,10,12). The largest absolute Gasteiger partial charge is 0.382 e. The highest BCUT2D eigenvalue weighted by Crippen LogP contribution is 2.28. The minimum Gasteiger partial charge on any atom is -0.382 e. The number of nitrogen functional groups attached to an aromatic ring is 1. The summed E-state index contributed by atoms with van der Waals surface area (Å²) in [5.41, 5.74) is 7.64. The molecule has 2 atom stereocenters. The molecule has 1 aromatic rings. The maximum absolute atomic E-state index is 5.64. The van der Waals surface area contributed by atoms with E-state index in [-0.39, 0.29) is 12.2 Å². The molecule has 1 aliphatic heterocycles. The lowest BCUT2D eigenvalue weighted by Crippen LogP contribution is -2.23. The van der Waals surface area contributed by atoms with Crippen LogP contribution in [0.1, 0.15) is 31.2 Å². The van der Waals surface area contributed by atoms with Gasteiger partial charge in [0.2, 0.25) is 0 Å². The van der Waals surface area contributed by atoms with E-state index in [1.807, 2.05) is 19.9 Å². The molecule has 0 bridgehead atoms. The van der Waals surface area contributed by atoms with E-state index < -0.39 is 0 Å². The number of fused-ring (bicyclic) bond motifs is 1. The molecule has 4 heteroatoms. The summed E-state index contributed by atoms with van der Waals surface area (Å²) in [7, 11) is 0. The molecule has 13 heavy (non-hydrogen) atoms. The lowest BCUT2D eigenvalue weighted by atomic mass is 10.0. The monoisotopic (exact) mass is 179 g/mol. The third-order valence-corrected chi connectivity index (χ3v) is 2.28.